The highest BCUT2D eigenvalue weighted by molar-refractivity contribution is 7.99. The number of hydrogen-bond donors (Lipinski definition) is 2. The topological polar surface area (TPSA) is 54.9 Å². The van der Waals surface area contributed by atoms with E-state index >= 15 is 0 Å². The minimum atomic E-state index is -2.44. The van der Waals surface area contributed by atoms with Crippen LogP contribution < -0.4 is 10.6 Å². The van der Waals surface area contributed by atoms with Crippen molar-refractivity contribution in [3.05, 3.63) is 24.3 Å². The minimum Gasteiger partial charge on any atom is -0.379 e. The summed E-state index contributed by atoms with van der Waals surface area (Å²) in [5.41, 5.74) is 0.599. The third-order valence-corrected chi connectivity index (χ3v) is 3.22. The van der Waals surface area contributed by atoms with E-state index in [0.29, 0.717) is 29.0 Å². The van der Waals surface area contributed by atoms with Crippen molar-refractivity contribution in [2.24, 2.45) is 0 Å². The van der Waals surface area contributed by atoms with E-state index in [9.17, 15) is 13.6 Å². The molecule has 1 rings (SSSR count). The lowest BCUT2D eigenvalue weighted by Gasteiger charge is -2.10. The van der Waals surface area contributed by atoms with E-state index in [-0.39, 0.29) is 18.5 Å². The zero-order chi connectivity index (χ0) is 15.0. The van der Waals surface area contributed by atoms with Crippen molar-refractivity contribution in [2.75, 3.05) is 25.6 Å². The molecule has 1 aromatic carbocycles. The highest BCUT2D eigenvalue weighted by atomic mass is 32.2. The average molecular weight is 305 g/mol. The van der Waals surface area contributed by atoms with Gasteiger partial charge in [0.1, 0.15) is 6.04 Å². The van der Waals surface area contributed by atoms with Gasteiger partial charge >= 0.3 is 0 Å². The number of amides is 1. The Balaban J connectivity index is 2.38. The van der Waals surface area contributed by atoms with Crippen molar-refractivity contribution in [3.8, 4) is 0 Å². The molecule has 0 heterocycles. The van der Waals surface area contributed by atoms with E-state index in [1.165, 1.54) is 0 Å². The lowest BCUT2D eigenvalue weighted by atomic mass is 10.3. The second kappa shape index (κ2) is 8.89. The van der Waals surface area contributed by atoms with E-state index in [0.717, 1.165) is 0 Å². The van der Waals surface area contributed by atoms with Crippen LogP contribution in [-0.2, 0) is 9.53 Å². The number of nitrogens with one attached hydrogen (secondary N) is 1. The van der Waals surface area contributed by atoms with Gasteiger partial charge in [-0.3, -0.25) is 4.79 Å². The van der Waals surface area contributed by atoms with Crippen molar-refractivity contribution < 1.29 is 23.6 Å². The summed E-state index contributed by atoms with van der Waals surface area (Å²) in [6.07, 6.45) is 0. The fourth-order valence-corrected chi connectivity index (χ4v) is 2.07. The Bertz CT molecular complexity index is 415. The van der Waals surface area contributed by atoms with Gasteiger partial charge in [0.2, 0.25) is 0 Å². The number of carbonyl (C=O) groups is 1. The van der Waals surface area contributed by atoms with Gasteiger partial charge in [-0.15, -0.1) is 0 Å². The van der Waals surface area contributed by atoms with Crippen LogP contribution in [-0.4, -0.2) is 38.0 Å². The van der Waals surface area contributed by atoms with Gasteiger partial charge in [0.15, 0.2) is 6.54 Å². The van der Waals surface area contributed by atoms with Crippen LogP contribution in [0.2, 0.25) is 0 Å². The van der Waals surface area contributed by atoms with Crippen molar-refractivity contribution in [1.29, 1.82) is 0 Å². The van der Waals surface area contributed by atoms with E-state index in [2.05, 4.69) is 5.32 Å². The number of quaternary nitrogens is 1. The smallest absolute Gasteiger partial charge is 0.288 e. The molecule has 0 radical (unpaired) electrons. The first kappa shape index (κ1) is 16.9. The highest BCUT2D eigenvalue weighted by Crippen LogP contribution is 2.25. The van der Waals surface area contributed by atoms with Crippen molar-refractivity contribution in [2.45, 2.75) is 23.6 Å². The molecule has 7 heteroatoms. The van der Waals surface area contributed by atoms with Crippen LogP contribution in [0.25, 0.3) is 0 Å². The number of hydrogen-bond acceptors (Lipinski definition) is 3. The lowest BCUT2D eigenvalue weighted by molar-refractivity contribution is -0.677. The molecule has 0 saturated carbocycles. The maximum atomic E-state index is 12.1. The van der Waals surface area contributed by atoms with Crippen LogP contribution in [0.1, 0.15) is 6.92 Å². The highest BCUT2D eigenvalue weighted by Gasteiger charge is 2.10. The number of ether oxygens (including phenoxy) is 1. The van der Waals surface area contributed by atoms with Gasteiger partial charge in [0, 0.05) is 17.7 Å². The number of alkyl halides is 2. The number of anilines is 1. The largest absolute Gasteiger partial charge is 0.379 e. The minimum absolute atomic E-state index is 0.137. The van der Waals surface area contributed by atoms with Crippen LogP contribution in [0.4, 0.5) is 14.5 Å². The van der Waals surface area contributed by atoms with Gasteiger partial charge in [0.25, 0.3) is 11.7 Å². The Morgan fingerprint density at radius 1 is 1.40 bits per heavy atom. The summed E-state index contributed by atoms with van der Waals surface area (Å²) < 4.78 is 29.3. The SMILES string of the molecule is COC[C@H](C)[NH2+]CC(=O)Nc1ccc(SC(F)F)cc1. The van der Waals surface area contributed by atoms with Crippen LogP contribution in [0, 0.1) is 0 Å². The molecule has 1 amide bonds. The summed E-state index contributed by atoms with van der Waals surface area (Å²) in [7, 11) is 1.61. The Morgan fingerprint density at radius 2 is 2.05 bits per heavy atom. The zero-order valence-electron chi connectivity index (χ0n) is 11.4. The molecule has 0 bridgehead atoms. The first-order chi connectivity index (χ1) is 9.51. The number of rotatable bonds is 8. The summed E-state index contributed by atoms with van der Waals surface area (Å²) in [5.74, 6) is -2.57. The molecule has 0 saturated heterocycles. The summed E-state index contributed by atoms with van der Waals surface area (Å²) in [4.78, 5) is 12.1. The molecule has 0 aliphatic heterocycles. The second-order valence-electron chi connectivity index (χ2n) is 4.32. The molecule has 1 aromatic rings. The van der Waals surface area contributed by atoms with Gasteiger partial charge in [-0.05, 0) is 31.2 Å². The molecule has 0 aromatic heterocycles. The molecule has 1 atom stereocenters. The Kier molecular flexibility index (Phi) is 7.50. The lowest BCUT2D eigenvalue weighted by Crippen LogP contribution is -2.92. The van der Waals surface area contributed by atoms with Crippen molar-refractivity contribution in [3.63, 3.8) is 0 Å². The third kappa shape index (κ3) is 6.83. The molecular formula is C13H19F2N2O2S+. The number of thioether (sulfide) groups is 1. The Labute approximate surface area is 121 Å². The molecular weight excluding hydrogens is 286 g/mol. The number of benzene rings is 1. The van der Waals surface area contributed by atoms with E-state index in [4.69, 9.17) is 4.74 Å². The van der Waals surface area contributed by atoms with E-state index < -0.39 is 5.76 Å². The summed E-state index contributed by atoms with van der Waals surface area (Å²) >= 11 is 0.480. The molecule has 20 heavy (non-hydrogen) atoms. The molecule has 0 unspecified atom stereocenters. The van der Waals surface area contributed by atoms with Crippen LogP contribution in [0.15, 0.2) is 29.2 Å². The number of methoxy groups -OCH3 is 1. The predicted molar refractivity (Wildman–Crippen MR) is 75.1 cm³/mol. The predicted octanol–water partition coefficient (Wildman–Crippen LogP) is 1.54. The molecule has 112 valence electrons. The number of carbonyl (C=O) groups excluding carboxylic acids is 1. The van der Waals surface area contributed by atoms with Crippen LogP contribution in [0.5, 0.6) is 0 Å². The number of halogens is 2. The monoisotopic (exact) mass is 305 g/mol. The van der Waals surface area contributed by atoms with Crippen molar-refractivity contribution in [1.82, 2.24) is 0 Å². The quantitative estimate of drug-likeness (QED) is 0.716. The van der Waals surface area contributed by atoms with Gasteiger partial charge in [0.05, 0.1) is 6.61 Å². The first-order valence-corrected chi connectivity index (χ1v) is 7.06. The molecule has 0 aliphatic carbocycles. The fraction of sp³-hybridized carbons (Fsp3) is 0.462. The van der Waals surface area contributed by atoms with Crippen LogP contribution >= 0.6 is 11.8 Å². The summed E-state index contributed by atoms with van der Waals surface area (Å²) in [6.45, 7) is 2.83. The number of nitrogens with two attached hydrogens (primary N) is 1. The maximum absolute atomic E-state index is 12.1. The van der Waals surface area contributed by atoms with Gasteiger partial charge < -0.3 is 15.4 Å². The fourth-order valence-electron chi connectivity index (χ4n) is 1.57. The van der Waals surface area contributed by atoms with Crippen LogP contribution in [0.3, 0.4) is 0 Å². The summed E-state index contributed by atoms with van der Waals surface area (Å²) in [5, 5.41) is 4.59. The summed E-state index contributed by atoms with van der Waals surface area (Å²) in [6, 6.07) is 6.55. The molecule has 0 spiro atoms. The maximum Gasteiger partial charge on any atom is 0.288 e. The molecule has 3 N–H and O–H groups in total. The van der Waals surface area contributed by atoms with E-state index in [1.807, 2.05) is 12.2 Å². The zero-order valence-corrected chi connectivity index (χ0v) is 12.3. The van der Waals surface area contributed by atoms with Crippen molar-refractivity contribution >= 4 is 23.4 Å². The van der Waals surface area contributed by atoms with Gasteiger partial charge in [-0.1, -0.05) is 11.8 Å². The average Bonchev–Trinajstić information content (AvgIpc) is 2.38. The van der Waals surface area contributed by atoms with Gasteiger partial charge in [-0.25, -0.2) is 0 Å². The van der Waals surface area contributed by atoms with E-state index in [1.54, 1.807) is 31.4 Å². The second-order valence-corrected chi connectivity index (χ2v) is 5.39. The third-order valence-electron chi connectivity index (χ3n) is 2.50. The molecule has 0 aliphatic rings. The normalized spacial score (nSPS) is 12.4. The molecule has 4 nitrogen and oxygen atoms in total. The standard InChI is InChI=1S/C13H18F2N2O2S/c1-9(8-19-2)16-7-12(18)17-10-3-5-11(6-4-10)20-13(14)15/h3-6,9,13,16H,7-8H2,1-2H3,(H,17,18)/p+1/t9-/m0/s1. The Hall–Kier alpha value is -1.18. The first-order valence-electron chi connectivity index (χ1n) is 6.18. The molecule has 0 fully saturated rings. The Morgan fingerprint density at radius 3 is 2.60 bits per heavy atom. The van der Waals surface area contributed by atoms with Gasteiger partial charge in [-0.2, -0.15) is 8.78 Å².